The van der Waals surface area contributed by atoms with Gasteiger partial charge in [-0.05, 0) is 43.2 Å². The Hall–Kier alpha value is -2.82. The Morgan fingerprint density at radius 1 is 1.14 bits per heavy atom. The molecule has 1 heterocycles. The smallest absolute Gasteiger partial charge is 0.172 e. The molecule has 0 N–H and O–H groups in total. The van der Waals surface area contributed by atoms with Gasteiger partial charge < -0.3 is 0 Å². The summed E-state index contributed by atoms with van der Waals surface area (Å²) in [7, 11) is 0. The predicted octanol–water partition coefficient (Wildman–Crippen LogP) is 3.50. The predicted molar refractivity (Wildman–Crippen MR) is 81.6 cm³/mol. The van der Waals surface area contributed by atoms with E-state index < -0.39 is 0 Å². The lowest BCUT2D eigenvalue weighted by atomic mass is 10.1. The summed E-state index contributed by atoms with van der Waals surface area (Å²) in [6, 6.07) is 11.9. The second kappa shape index (κ2) is 5.52. The van der Waals surface area contributed by atoms with Gasteiger partial charge in [-0.1, -0.05) is 29.5 Å². The summed E-state index contributed by atoms with van der Waals surface area (Å²) in [6.45, 7) is 3.97. The highest BCUT2D eigenvalue weighted by Crippen LogP contribution is 2.27. The van der Waals surface area contributed by atoms with Gasteiger partial charge in [0, 0.05) is 5.56 Å². The molecule has 3 aromatic rings. The number of rotatable bonds is 3. The Morgan fingerprint density at radius 2 is 1.91 bits per heavy atom. The normalized spacial score (nSPS) is 10.7. The van der Waals surface area contributed by atoms with Crippen molar-refractivity contribution in [1.82, 2.24) is 15.0 Å². The standard InChI is InChI=1S/C17H14FN3O/c1-11-5-3-8-16(12(11)2)21-17(15(10-22)19-20-21)13-6-4-7-14(18)9-13/h3-10H,1-2H3. The van der Waals surface area contributed by atoms with E-state index in [0.717, 1.165) is 16.8 Å². The number of carbonyl (C=O) groups excluding carboxylic acids is 1. The molecule has 0 unspecified atom stereocenters. The van der Waals surface area contributed by atoms with Crippen LogP contribution in [0.15, 0.2) is 42.5 Å². The van der Waals surface area contributed by atoms with Crippen LogP contribution < -0.4 is 0 Å². The van der Waals surface area contributed by atoms with Crippen molar-refractivity contribution in [3.05, 3.63) is 65.1 Å². The summed E-state index contributed by atoms with van der Waals surface area (Å²) >= 11 is 0. The lowest BCUT2D eigenvalue weighted by molar-refractivity contribution is 0.111. The van der Waals surface area contributed by atoms with E-state index >= 15 is 0 Å². The van der Waals surface area contributed by atoms with Crippen LogP contribution in [-0.4, -0.2) is 21.3 Å². The minimum atomic E-state index is -0.372. The number of halogens is 1. The van der Waals surface area contributed by atoms with Gasteiger partial charge in [0.05, 0.1) is 5.69 Å². The Morgan fingerprint density at radius 3 is 2.64 bits per heavy atom. The van der Waals surface area contributed by atoms with E-state index in [1.807, 2.05) is 32.0 Å². The average molecular weight is 295 g/mol. The molecular formula is C17H14FN3O. The molecule has 0 radical (unpaired) electrons. The van der Waals surface area contributed by atoms with Gasteiger partial charge in [0.2, 0.25) is 0 Å². The number of nitrogens with zero attached hydrogens (tertiary/aromatic N) is 3. The molecule has 0 fully saturated rings. The zero-order chi connectivity index (χ0) is 15.7. The van der Waals surface area contributed by atoms with E-state index in [1.54, 1.807) is 16.8 Å². The topological polar surface area (TPSA) is 47.8 Å². The van der Waals surface area contributed by atoms with Gasteiger partial charge in [0.25, 0.3) is 0 Å². The summed E-state index contributed by atoms with van der Waals surface area (Å²) in [4.78, 5) is 11.3. The SMILES string of the molecule is Cc1cccc(-n2nnc(C=O)c2-c2cccc(F)c2)c1C. The first kappa shape index (κ1) is 14.1. The maximum Gasteiger partial charge on any atom is 0.172 e. The fourth-order valence-corrected chi connectivity index (χ4v) is 2.41. The molecule has 0 saturated heterocycles. The van der Waals surface area contributed by atoms with Crippen molar-refractivity contribution < 1.29 is 9.18 Å². The van der Waals surface area contributed by atoms with Crippen LogP contribution in [0.2, 0.25) is 0 Å². The van der Waals surface area contributed by atoms with Crippen molar-refractivity contribution >= 4 is 6.29 Å². The lowest BCUT2D eigenvalue weighted by Crippen LogP contribution is -2.03. The first-order valence-electron chi connectivity index (χ1n) is 6.85. The summed E-state index contributed by atoms with van der Waals surface area (Å²) in [5.41, 5.74) is 4.19. The maximum absolute atomic E-state index is 13.5. The van der Waals surface area contributed by atoms with E-state index in [4.69, 9.17) is 0 Å². The summed E-state index contributed by atoms with van der Waals surface area (Å²) in [5.74, 6) is -0.372. The van der Waals surface area contributed by atoms with E-state index in [-0.39, 0.29) is 11.5 Å². The van der Waals surface area contributed by atoms with Gasteiger partial charge in [-0.15, -0.1) is 5.10 Å². The number of hydrogen-bond donors (Lipinski definition) is 0. The molecule has 0 spiro atoms. The van der Waals surface area contributed by atoms with E-state index in [9.17, 15) is 9.18 Å². The van der Waals surface area contributed by atoms with Crippen molar-refractivity contribution in [2.75, 3.05) is 0 Å². The largest absolute Gasteiger partial charge is 0.296 e. The van der Waals surface area contributed by atoms with Crippen molar-refractivity contribution in [2.24, 2.45) is 0 Å². The molecule has 0 aliphatic heterocycles. The third-order valence-electron chi connectivity index (χ3n) is 3.71. The van der Waals surface area contributed by atoms with Crippen LogP contribution in [0.4, 0.5) is 4.39 Å². The Balaban J connectivity index is 2.28. The van der Waals surface area contributed by atoms with Gasteiger partial charge >= 0.3 is 0 Å². The highest BCUT2D eigenvalue weighted by Gasteiger charge is 2.17. The molecule has 4 nitrogen and oxygen atoms in total. The molecule has 1 aromatic heterocycles. The Kier molecular flexibility index (Phi) is 3.55. The summed E-state index contributed by atoms with van der Waals surface area (Å²) in [6.07, 6.45) is 0.634. The monoisotopic (exact) mass is 295 g/mol. The molecule has 110 valence electrons. The quantitative estimate of drug-likeness (QED) is 0.695. The first-order valence-corrected chi connectivity index (χ1v) is 6.85. The molecule has 0 amide bonds. The Labute approximate surface area is 127 Å². The Bertz CT molecular complexity index is 855. The molecule has 0 aliphatic rings. The van der Waals surface area contributed by atoms with Crippen molar-refractivity contribution in [1.29, 1.82) is 0 Å². The second-order valence-corrected chi connectivity index (χ2v) is 5.08. The minimum absolute atomic E-state index is 0.187. The van der Waals surface area contributed by atoms with E-state index in [0.29, 0.717) is 17.5 Å². The van der Waals surface area contributed by atoms with Crippen LogP contribution in [0.25, 0.3) is 16.9 Å². The lowest BCUT2D eigenvalue weighted by Gasteiger charge is -2.11. The van der Waals surface area contributed by atoms with Crippen molar-refractivity contribution in [2.45, 2.75) is 13.8 Å². The average Bonchev–Trinajstić information content (AvgIpc) is 2.93. The van der Waals surface area contributed by atoms with Crippen LogP contribution in [0, 0.1) is 19.7 Å². The third kappa shape index (κ3) is 2.30. The third-order valence-corrected chi connectivity index (χ3v) is 3.71. The number of carbonyl (C=O) groups is 1. The maximum atomic E-state index is 13.5. The summed E-state index contributed by atoms with van der Waals surface area (Å²) in [5, 5.41) is 7.99. The van der Waals surface area contributed by atoms with Crippen molar-refractivity contribution in [3.63, 3.8) is 0 Å². The van der Waals surface area contributed by atoms with Crippen LogP contribution >= 0.6 is 0 Å². The van der Waals surface area contributed by atoms with E-state index in [2.05, 4.69) is 10.3 Å². The molecule has 0 saturated carbocycles. The van der Waals surface area contributed by atoms with Crippen LogP contribution in [0.3, 0.4) is 0 Å². The summed E-state index contributed by atoms with van der Waals surface area (Å²) < 4.78 is 15.1. The fraction of sp³-hybridized carbons (Fsp3) is 0.118. The molecule has 5 heteroatoms. The molecule has 0 atom stereocenters. The number of hydrogen-bond acceptors (Lipinski definition) is 3. The highest BCUT2D eigenvalue weighted by molar-refractivity contribution is 5.84. The van der Waals surface area contributed by atoms with Crippen LogP contribution in [0.5, 0.6) is 0 Å². The highest BCUT2D eigenvalue weighted by atomic mass is 19.1. The van der Waals surface area contributed by atoms with Gasteiger partial charge in [-0.3, -0.25) is 4.79 Å². The van der Waals surface area contributed by atoms with Gasteiger partial charge in [0.15, 0.2) is 12.0 Å². The molecule has 22 heavy (non-hydrogen) atoms. The van der Waals surface area contributed by atoms with Gasteiger partial charge in [-0.2, -0.15) is 0 Å². The van der Waals surface area contributed by atoms with Gasteiger partial charge in [0.1, 0.15) is 11.5 Å². The molecule has 2 aromatic carbocycles. The molecule has 3 rings (SSSR count). The fourth-order valence-electron chi connectivity index (χ4n) is 2.41. The zero-order valence-electron chi connectivity index (χ0n) is 12.2. The zero-order valence-corrected chi connectivity index (χ0v) is 12.2. The second-order valence-electron chi connectivity index (χ2n) is 5.08. The number of aryl methyl sites for hydroxylation is 1. The van der Waals surface area contributed by atoms with Gasteiger partial charge in [-0.25, -0.2) is 9.07 Å². The number of aldehydes is 1. The molecular weight excluding hydrogens is 281 g/mol. The minimum Gasteiger partial charge on any atom is -0.296 e. The molecule has 0 aliphatic carbocycles. The van der Waals surface area contributed by atoms with Crippen LogP contribution in [0.1, 0.15) is 21.6 Å². The first-order chi connectivity index (χ1) is 10.6. The number of benzene rings is 2. The van der Waals surface area contributed by atoms with E-state index in [1.165, 1.54) is 12.1 Å². The van der Waals surface area contributed by atoms with Crippen LogP contribution in [-0.2, 0) is 0 Å². The van der Waals surface area contributed by atoms with Crippen molar-refractivity contribution in [3.8, 4) is 16.9 Å². The number of aromatic nitrogens is 3. The molecule has 0 bridgehead atoms.